The van der Waals surface area contributed by atoms with Crippen molar-refractivity contribution in [1.82, 2.24) is 0 Å². The summed E-state index contributed by atoms with van der Waals surface area (Å²) in [5.41, 5.74) is 1.42. The number of hydrogen-bond acceptors (Lipinski definition) is 3. The first-order chi connectivity index (χ1) is 11.8. The topological polar surface area (TPSA) is 49.7 Å². The van der Waals surface area contributed by atoms with E-state index in [2.05, 4.69) is 38.7 Å². The lowest BCUT2D eigenvalue weighted by Gasteiger charge is -2.42. The van der Waals surface area contributed by atoms with E-state index in [0.717, 1.165) is 19.3 Å². The van der Waals surface area contributed by atoms with Gasteiger partial charge in [0.1, 0.15) is 0 Å². The van der Waals surface area contributed by atoms with Crippen molar-refractivity contribution < 1.29 is 14.9 Å². The highest BCUT2D eigenvalue weighted by Crippen LogP contribution is 2.33. The van der Waals surface area contributed by atoms with Crippen LogP contribution in [0, 0.1) is 11.8 Å². The van der Waals surface area contributed by atoms with Gasteiger partial charge in [0.2, 0.25) is 0 Å². The lowest BCUT2D eigenvalue weighted by atomic mass is 9.87. The average Bonchev–Trinajstić information content (AvgIpc) is 2.52. The summed E-state index contributed by atoms with van der Waals surface area (Å²) in [6.07, 6.45) is 16.4. The van der Waals surface area contributed by atoms with Crippen molar-refractivity contribution in [3.05, 3.63) is 48.6 Å². The van der Waals surface area contributed by atoms with Crippen LogP contribution in [0.2, 0.25) is 0 Å². The van der Waals surface area contributed by atoms with Crippen LogP contribution in [0.1, 0.15) is 59.8 Å². The molecule has 0 aromatic carbocycles. The van der Waals surface area contributed by atoms with Gasteiger partial charge in [-0.15, -0.1) is 6.58 Å². The summed E-state index contributed by atoms with van der Waals surface area (Å²) in [4.78, 5) is 0. The number of aliphatic hydroxyl groups excluding tert-OH is 1. The standard InChI is InChI=1S/C22H36O3/c1-6-7-9-12-17(2)15-18(3)13-10-8-11-14-20-16-21(23)19(4)22(5,24)25-20/h6,8,10-13,18-21,23-24H,1,7,9,14-16H2,2-5H3/b11-8+,13-10+,17-12+/t18-,19?,20?,21?,22?/m1/s1. The Morgan fingerprint density at radius 3 is 2.72 bits per heavy atom. The van der Waals surface area contributed by atoms with Crippen molar-refractivity contribution in [2.45, 2.75) is 77.8 Å². The number of rotatable bonds is 9. The van der Waals surface area contributed by atoms with Gasteiger partial charge in [0.15, 0.2) is 5.79 Å². The summed E-state index contributed by atoms with van der Waals surface area (Å²) in [5.74, 6) is -1.02. The van der Waals surface area contributed by atoms with Crippen molar-refractivity contribution in [3.63, 3.8) is 0 Å². The first-order valence-electron chi connectivity index (χ1n) is 9.44. The second kappa shape index (κ2) is 10.7. The number of unbranched alkanes of at least 4 members (excludes halogenated alkanes) is 1. The third-order valence-electron chi connectivity index (χ3n) is 4.93. The van der Waals surface area contributed by atoms with Gasteiger partial charge < -0.3 is 14.9 Å². The van der Waals surface area contributed by atoms with Crippen molar-refractivity contribution in [2.75, 3.05) is 0 Å². The van der Waals surface area contributed by atoms with Crippen molar-refractivity contribution in [1.29, 1.82) is 0 Å². The van der Waals surface area contributed by atoms with Gasteiger partial charge in [0, 0.05) is 12.3 Å². The van der Waals surface area contributed by atoms with Crippen LogP contribution in [0.4, 0.5) is 0 Å². The Hall–Kier alpha value is -1.16. The molecule has 1 rings (SSSR count). The van der Waals surface area contributed by atoms with E-state index < -0.39 is 11.9 Å². The molecule has 4 unspecified atom stereocenters. The fraction of sp³-hybridized carbons (Fsp3) is 0.636. The summed E-state index contributed by atoms with van der Waals surface area (Å²) in [6, 6.07) is 0. The SMILES string of the molecule is C=CCC/C=C(\C)C[C@H](C)/C=C/C=C/CC1CC(O)C(C)C(C)(O)O1. The highest BCUT2D eigenvalue weighted by Gasteiger charge is 2.42. The van der Waals surface area contributed by atoms with Crippen LogP contribution in [0.5, 0.6) is 0 Å². The zero-order valence-corrected chi connectivity index (χ0v) is 16.3. The number of aliphatic hydroxyl groups is 2. The van der Waals surface area contributed by atoms with Crippen molar-refractivity contribution in [2.24, 2.45) is 11.8 Å². The van der Waals surface area contributed by atoms with Gasteiger partial charge in [0.25, 0.3) is 0 Å². The molecule has 25 heavy (non-hydrogen) atoms. The summed E-state index contributed by atoms with van der Waals surface area (Å²) in [7, 11) is 0. The second-order valence-corrected chi connectivity index (χ2v) is 7.53. The van der Waals surface area contributed by atoms with Gasteiger partial charge in [-0.25, -0.2) is 0 Å². The average molecular weight is 349 g/mol. The summed E-state index contributed by atoms with van der Waals surface area (Å²) >= 11 is 0. The molecule has 5 atom stereocenters. The van der Waals surface area contributed by atoms with Gasteiger partial charge in [0.05, 0.1) is 12.2 Å². The normalized spacial score (nSPS) is 32.4. The van der Waals surface area contributed by atoms with Gasteiger partial charge in [-0.2, -0.15) is 0 Å². The Labute approximate surface area is 153 Å². The molecule has 1 saturated heterocycles. The van der Waals surface area contributed by atoms with Gasteiger partial charge in [-0.3, -0.25) is 0 Å². The van der Waals surface area contributed by atoms with Crippen LogP contribution >= 0.6 is 0 Å². The Morgan fingerprint density at radius 1 is 1.36 bits per heavy atom. The van der Waals surface area contributed by atoms with Crippen LogP contribution in [0.3, 0.4) is 0 Å². The highest BCUT2D eigenvalue weighted by atomic mass is 16.6. The second-order valence-electron chi connectivity index (χ2n) is 7.53. The van der Waals surface area contributed by atoms with Crippen LogP contribution in [0.15, 0.2) is 48.6 Å². The predicted octanol–water partition coefficient (Wildman–Crippen LogP) is 4.92. The van der Waals surface area contributed by atoms with E-state index in [-0.39, 0.29) is 12.0 Å². The number of ether oxygens (including phenoxy) is 1. The molecule has 0 spiro atoms. The van der Waals surface area contributed by atoms with Gasteiger partial charge in [-0.05, 0) is 45.4 Å². The molecule has 0 bridgehead atoms. The summed E-state index contributed by atoms with van der Waals surface area (Å²) in [6.45, 7) is 11.6. The summed E-state index contributed by atoms with van der Waals surface area (Å²) in [5, 5.41) is 20.2. The van der Waals surface area contributed by atoms with E-state index >= 15 is 0 Å². The third kappa shape index (κ3) is 8.17. The predicted molar refractivity (Wildman–Crippen MR) is 105 cm³/mol. The van der Waals surface area contributed by atoms with Crippen LogP contribution in [0.25, 0.3) is 0 Å². The minimum Gasteiger partial charge on any atom is -0.393 e. The molecule has 1 aliphatic rings. The molecule has 0 aromatic rings. The monoisotopic (exact) mass is 348 g/mol. The molecule has 3 nitrogen and oxygen atoms in total. The summed E-state index contributed by atoms with van der Waals surface area (Å²) < 4.78 is 5.69. The number of allylic oxidation sites excluding steroid dienone is 6. The molecule has 1 aliphatic heterocycles. The lowest BCUT2D eigenvalue weighted by Crippen LogP contribution is -2.50. The van der Waals surface area contributed by atoms with Gasteiger partial charge in [-0.1, -0.05) is 55.9 Å². The molecule has 2 N–H and O–H groups in total. The zero-order valence-electron chi connectivity index (χ0n) is 16.3. The largest absolute Gasteiger partial charge is 0.393 e. The van der Waals surface area contributed by atoms with E-state index in [9.17, 15) is 10.2 Å². The van der Waals surface area contributed by atoms with Crippen molar-refractivity contribution >= 4 is 0 Å². The molecule has 0 aliphatic carbocycles. The van der Waals surface area contributed by atoms with Crippen molar-refractivity contribution in [3.8, 4) is 0 Å². The van der Waals surface area contributed by atoms with Gasteiger partial charge >= 0.3 is 0 Å². The van der Waals surface area contributed by atoms with Crippen LogP contribution in [-0.4, -0.2) is 28.2 Å². The van der Waals surface area contributed by atoms with E-state index in [1.165, 1.54) is 5.57 Å². The molecular weight excluding hydrogens is 312 g/mol. The Balaban J connectivity index is 2.36. The quantitative estimate of drug-likeness (QED) is 0.353. The smallest absolute Gasteiger partial charge is 0.168 e. The minimum absolute atomic E-state index is 0.140. The fourth-order valence-corrected chi connectivity index (χ4v) is 3.14. The minimum atomic E-state index is -1.25. The lowest BCUT2D eigenvalue weighted by molar-refractivity contribution is -0.290. The van der Waals surface area contributed by atoms with Crippen LogP contribution in [-0.2, 0) is 4.74 Å². The molecule has 1 heterocycles. The number of hydrogen-bond donors (Lipinski definition) is 2. The van der Waals surface area contributed by atoms with E-state index in [1.807, 2.05) is 25.2 Å². The van der Waals surface area contributed by atoms with E-state index in [4.69, 9.17) is 4.74 Å². The molecule has 3 heteroatoms. The molecular formula is C22H36O3. The van der Waals surface area contributed by atoms with Crippen LogP contribution < -0.4 is 0 Å². The fourth-order valence-electron chi connectivity index (χ4n) is 3.14. The molecule has 0 amide bonds. The molecule has 1 fully saturated rings. The highest BCUT2D eigenvalue weighted by molar-refractivity contribution is 5.08. The molecule has 0 saturated carbocycles. The maximum Gasteiger partial charge on any atom is 0.168 e. The first kappa shape index (κ1) is 21.9. The molecule has 0 radical (unpaired) electrons. The third-order valence-corrected chi connectivity index (χ3v) is 4.93. The molecule has 142 valence electrons. The molecule has 0 aromatic heterocycles. The maximum atomic E-state index is 10.2. The maximum absolute atomic E-state index is 10.2. The van der Waals surface area contributed by atoms with E-state index in [1.54, 1.807) is 6.92 Å². The van der Waals surface area contributed by atoms with E-state index in [0.29, 0.717) is 18.8 Å². The first-order valence-corrected chi connectivity index (χ1v) is 9.44. The Kier molecular flexibility index (Phi) is 9.41. The zero-order chi connectivity index (χ0) is 18.9. The Bertz CT molecular complexity index is 488. The Morgan fingerprint density at radius 2 is 2.08 bits per heavy atom.